The van der Waals surface area contributed by atoms with E-state index in [0.717, 1.165) is 31.2 Å². The highest BCUT2D eigenvalue weighted by Gasteiger charge is 2.38. The van der Waals surface area contributed by atoms with Crippen LogP contribution in [0.25, 0.3) is 0 Å². The Kier molecular flexibility index (Phi) is 5.53. The number of hydrogen-bond acceptors (Lipinski definition) is 3. The highest BCUT2D eigenvalue weighted by molar-refractivity contribution is 5.99. The molecule has 0 aromatic heterocycles. The first-order chi connectivity index (χ1) is 12.8. The van der Waals surface area contributed by atoms with E-state index in [-0.39, 0.29) is 35.8 Å². The smallest absolute Gasteiger partial charge is 0.336 e. The summed E-state index contributed by atoms with van der Waals surface area (Å²) in [6, 6.07) is 3.52. The molecule has 1 aromatic carbocycles. The monoisotopic (exact) mass is 372 g/mol. The molecule has 1 atom stereocenters. The van der Waals surface area contributed by atoms with E-state index in [1.165, 1.54) is 6.07 Å². The minimum absolute atomic E-state index is 0.0570. The molecule has 1 saturated carbocycles. The first-order valence-electron chi connectivity index (χ1n) is 9.71. The first-order valence-corrected chi connectivity index (χ1v) is 9.71. The predicted molar refractivity (Wildman–Crippen MR) is 103 cm³/mol. The van der Waals surface area contributed by atoms with Gasteiger partial charge >= 0.3 is 5.97 Å². The first kappa shape index (κ1) is 19.4. The highest BCUT2D eigenvalue weighted by Crippen LogP contribution is 2.32. The summed E-state index contributed by atoms with van der Waals surface area (Å²) >= 11 is 0. The van der Waals surface area contributed by atoms with Crippen molar-refractivity contribution >= 4 is 23.5 Å². The maximum absolute atomic E-state index is 12.7. The molecule has 1 aliphatic carbocycles. The van der Waals surface area contributed by atoms with Crippen LogP contribution in [0.3, 0.4) is 0 Å². The number of amides is 2. The number of nitrogens with one attached hydrogen (secondary N) is 1. The second kappa shape index (κ2) is 7.71. The van der Waals surface area contributed by atoms with E-state index < -0.39 is 5.97 Å². The van der Waals surface area contributed by atoms with E-state index in [1.54, 1.807) is 13.0 Å². The molecule has 6 nitrogen and oxygen atoms in total. The average molecular weight is 372 g/mol. The zero-order valence-electron chi connectivity index (χ0n) is 16.2. The van der Waals surface area contributed by atoms with Gasteiger partial charge in [-0.1, -0.05) is 13.0 Å². The quantitative estimate of drug-likeness (QED) is 0.848. The van der Waals surface area contributed by atoms with Crippen molar-refractivity contribution in [3.8, 4) is 0 Å². The summed E-state index contributed by atoms with van der Waals surface area (Å²) in [6.07, 6.45) is 4.52. The van der Waals surface area contributed by atoms with Crippen molar-refractivity contribution in [3.63, 3.8) is 0 Å². The third-order valence-electron chi connectivity index (χ3n) is 6.02. The van der Waals surface area contributed by atoms with E-state index in [2.05, 4.69) is 12.2 Å². The van der Waals surface area contributed by atoms with Crippen molar-refractivity contribution in [1.82, 2.24) is 4.90 Å². The molecular weight excluding hydrogens is 344 g/mol. The van der Waals surface area contributed by atoms with Crippen molar-refractivity contribution in [3.05, 3.63) is 28.8 Å². The van der Waals surface area contributed by atoms with E-state index in [4.69, 9.17) is 0 Å². The Labute approximate surface area is 159 Å². The Bertz CT molecular complexity index is 766. The normalized spacial score (nSPS) is 25.5. The molecule has 3 rings (SSSR count). The minimum Gasteiger partial charge on any atom is -0.478 e. The molecule has 1 aromatic rings. The number of anilines is 1. The molecule has 0 radical (unpaired) electrons. The molecular formula is C21H28N2O4. The van der Waals surface area contributed by atoms with Crippen LogP contribution < -0.4 is 5.32 Å². The lowest BCUT2D eigenvalue weighted by molar-refractivity contribution is -0.130. The number of carbonyl (C=O) groups excluding carboxylic acids is 2. The standard InChI is InChI=1S/C21H28N2O4/c1-12-4-6-16(7-5-12)23-11-15(9-19(23)24)20(25)22-18-10-17(21(26)27)13(2)8-14(18)3/h8,10,12,15-16H,4-7,9,11H2,1-3H3,(H,22,25)(H,26,27). The van der Waals surface area contributed by atoms with Gasteiger partial charge in [0.15, 0.2) is 0 Å². The van der Waals surface area contributed by atoms with Crippen LogP contribution in [-0.2, 0) is 9.59 Å². The molecule has 2 N–H and O–H groups in total. The van der Waals surface area contributed by atoms with Crippen LogP contribution in [0, 0.1) is 25.7 Å². The lowest BCUT2D eigenvalue weighted by Crippen LogP contribution is -2.39. The maximum atomic E-state index is 12.7. The number of rotatable bonds is 4. The van der Waals surface area contributed by atoms with E-state index in [9.17, 15) is 19.5 Å². The fourth-order valence-corrected chi connectivity index (χ4v) is 4.27. The molecule has 6 heteroatoms. The SMILES string of the molecule is Cc1cc(C)c(C(=O)O)cc1NC(=O)C1CC(=O)N(C2CCC(C)CC2)C1. The topological polar surface area (TPSA) is 86.7 Å². The summed E-state index contributed by atoms with van der Waals surface area (Å²) in [6.45, 7) is 6.28. The average Bonchev–Trinajstić information content (AvgIpc) is 2.99. The van der Waals surface area contributed by atoms with Gasteiger partial charge in [-0.05, 0) is 62.6 Å². The van der Waals surface area contributed by atoms with Gasteiger partial charge in [0.05, 0.1) is 11.5 Å². The van der Waals surface area contributed by atoms with Crippen LogP contribution in [0.15, 0.2) is 12.1 Å². The molecule has 0 bridgehead atoms. The number of carbonyl (C=O) groups is 3. The van der Waals surface area contributed by atoms with E-state index in [1.807, 2.05) is 11.8 Å². The summed E-state index contributed by atoms with van der Waals surface area (Å²) in [7, 11) is 0. The Balaban J connectivity index is 1.68. The molecule has 2 amide bonds. The lowest BCUT2D eigenvalue weighted by atomic mass is 9.87. The van der Waals surface area contributed by atoms with Gasteiger partial charge in [-0.25, -0.2) is 4.79 Å². The molecule has 27 heavy (non-hydrogen) atoms. The van der Waals surface area contributed by atoms with Crippen molar-refractivity contribution in [1.29, 1.82) is 0 Å². The van der Waals surface area contributed by atoms with Crippen LogP contribution in [0.1, 0.15) is 60.5 Å². The number of carboxylic acids is 1. The number of benzene rings is 1. The second-order valence-electron chi connectivity index (χ2n) is 8.14. The zero-order chi connectivity index (χ0) is 19.7. The molecule has 1 aliphatic heterocycles. The van der Waals surface area contributed by atoms with Gasteiger partial charge in [-0.15, -0.1) is 0 Å². The van der Waals surface area contributed by atoms with Crippen LogP contribution in [-0.4, -0.2) is 40.4 Å². The van der Waals surface area contributed by atoms with Gasteiger partial charge in [-0.2, -0.15) is 0 Å². The zero-order valence-corrected chi connectivity index (χ0v) is 16.2. The summed E-state index contributed by atoms with van der Waals surface area (Å²) in [5.74, 6) is -0.839. The number of aromatic carboxylic acids is 1. The van der Waals surface area contributed by atoms with E-state index >= 15 is 0 Å². The molecule has 1 unspecified atom stereocenters. The van der Waals surface area contributed by atoms with Gasteiger partial charge < -0.3 is 15.3 Å². The van der Waals surface area contributed by atoms with Crippen molar-refractivity contribution in [2.45, 2.75) is 58.9 Å². The Hall–Kier alpha value is -2.37. The predicted octanol–water partition coefficient (Wildman–Crippen LogP) is 3.37. The third-order valence-corrected chi connectivity index (χ3v) is 6.02. The Morgan fingerprint density at radius 2 is 1.78 bits per heavy atom. The van der Waals surface area contributed by atoms with E-state index in [0.29, 0.717) is 23.7 Å². The number of carboxylic acid groups (broad SMARTS) is 1. The fraction of sp³-hybridized carbons (Fsp3) is 0.571. The molecule has 2 fully saturated rings. The highest BCUT2D eigenvalue weighted by atomic mass is 16.4. The van der Waals surface area contributed by atoms with Crippen molar-refractivity contribution in [2.75, 3.05) is 11.9 Å². The molecule has 1 heterocycles. The number of aryl methyl sites for hydroxylation is 2. The lowest BCUT2D eigenvalue weighted by Gasteiger charge is -2.33. The minimum atomic E-state index is -1.02. The van der Waals surface area contributed by atoms with Crippen LogP contribution in [0.5, 0.6) is 0 Å². The van der Waals surface area contributed by atoms with Gasteiger partial charge in [0.1, 0.15) is 0 Å². The molecule has 2 aliphatic rings. The number of nitrogens with zero attached hydrogens (tertiary/aromatic N) is 1. The summed E-state index contributed by atoms with van der Waals surface area (Å²) in [5.41, 5.74) is 2.15. The fourth-order valence-electron chi connectivity index (χ4n) is 4.27. The van der Waals surface area contributed by atoms with Crippen LogP contribution in [0.2, 0.25) is 0 Å². The maximum Gasteiger partial charge on any atom is 0.336 e. The van der Waals surface area contributed by atoms with Crippen molar-refractivity contribution in [2.24, 2.45) is 11.8 Å². The molecule has 1 saturated heterocycles. The van der Waals surface area contributed by atoms with Gasteiger partial charge in [-0.3, -0.25) is 9.59 Å². The van der Waals surface area contributed by atoms with Crippen LogP contribution in [0.4, 0.5) is 5.69 Å². The summed E-state index contributed by atoms with van der Waals surface area (Å²) < 4.78 is 0. The van der Waals surface area contributed by atoms with Crippen LogP contribution >= 0.6 is 0 Å². The summed E-state index contributed by atoms with van der Waals surface area (Å²) in [5, 5.41) is 12.1. The Morgan fingerprint density at radius 1 is 1.11 bits per heavy atom. The number of likely N-dealkylation sites (tertiary alicyclic amines) is 1. The van der Waals surface area contributed by atoms with Gasteiger partial charge in [0.2, 0.25) is 11.8 Å². The molecule has 146 valence electrons. The molecule has 0 spiro atoms. The van der Waals surface area contributed by atoms with Gasteiger partial charge in [0, 0.05) is 24.7 Å². The summed E-state index contributed by atoms with van der Waals surface area (Å²) in [4.78, 5) is 38.4. The number of hydrogen-bond donors (Lipinski definition) is 2. The van der Waals surface area contributed by atoms with Gasteiger partial charge in [0.25, 0.3) is 0 Å². The Morgan fingerprint density at radius 3 is 2.41 bits per heavy atom. The van der Waals surface area contributed by atoms with Crippen molar-refractivity contribution < 1.29 is 19.5 Å². The largest absolute Gasteiger partial charge is 0.478 e. The third kappa shape index (κ3) is 4.15. The second-order valence-corrected chi connectivity index (χ2v) is 8.14.